The van der Waals surface area contributed by atoms with Gasteiger partial charge in [0, 0.05) is 45.1 Å². The van der Waals surface area contributed by atoms with Crippen LogP contribution < -0.4 is 15.5 Å². The molecule has 0 bridgehead atoms. The molecule has 0 saturated carbocycles. The molecule has 2 fully saturated rings. The summed E-state index contributed by atoms with van der Waals surface area (Å²) in [5, 5.41) is 6.15. The molecule has 1 atom stereocenters. The number of amides is 1. The molecule has 0 aromatic carbocycles. The highest BCUT2D eigenvalue weighted by molar-refractivity contribution is 5.78. The number of nitrogens with zero attached hydrogens (tertiary/aromatic N) is 5. The summed E-state index contributed by atoms with van der Waals surface area (Å²) in [6.07, 6.45) is 7.77. The summed E-state index contributed by atoms with van der Waals surface area (Å²) >= 11 is 0. The van der Waals surface area contributed by atoms with Crippen LogP contribution in [0.25, 0.3) is 0 Å². The molecule has 8 nitrogen and oxygen atoms in total. The van der Waals surface area contributed by atoms with E-state index in [-0.39, 0.29) is 11.8 Å². The summed E-state index contributed by atoms with van der Waals surface area (Å²) in [5.74, 6) is 1.86. The van der Waals surface area contributed by atoms with Crippen LogP contribution >= 0.6 is 0 Å². The number of hydrogen-bond donors (Lipinski definition) is 2. The summed E-state index contributed by atoms with van der Waals surface area (Å²) in [7, 11) is 1.87. The first-order chi connectivity index (χ1) is 14.7. The van der Waals surface area contributed by atoms with Crippen molar-refractivity contribution in [3.63, 3.8) is 0 Å². The van der Waals surface area contributed by atoms with Gasteiger partial charge in [0.25, 0.3) is 0 Å². The van der Waals surface area contributed by atoms with E-state index in [0.29, 0.717) is 12.6 Å². The quantitative estimate of drug-likeness (QED) is 0.754. The van der Waals surface area contributed by atoms with Crippen LogP contribution in [0.1, 0.15) is 31.4 Å². The van der Waals surface area contributed by atoms with Crippen LogP contribution in [-0.4, -0.2) is 65.0 Å². The Kier molecular flexibility index (Phi) is 6.74. The zero-order chi connectivity index (χ0) is 20.8. The molecule has 2 saturated heterocycles. The highest BCUT2D eigenvalue weighted by atomic mass is 16.1. The van der Waals surface area contributed by atoms with Crippen LogP contribution in [0.4, 0.5) is 11.8 Å². The molecule has 1 amide bonds. The minimum absolute atomic E-state index is 0.0659. The Balaban J connectivity index is 1.27. The number of hydrogen-bond acceptors (Lipinski definition) is 7. The number of carbonyl (C=O) groups excluding carboxylic acids is 1. The molecule has 0 unspecified atom stereocenters. The normalized spacial score (nSPS) is 20.7. The zero-order valence-electron chi connectivity index (χ0n) is 17.6. The summed E-state index contributed by atoms with van der Waals surface area (Å²) in [6.45, 7) is 4.33. The van der Waals surface area contributed by atoms with Crippen molar-refractivity contribution in [2.24, 2.45) is 5.92 Å². The zero-order valence-corrected chi connectivity index (χ0v) is 17.6. The minimum Gasteiger partial charge on any atom is -0.373 e. The summed E-state index contributed by atoms with van der Waals surface area (Å²) < 4.78 is 0. The van der Waals surface area contributed by atoms with Crippen LogP contribution in [0.2, 0.25) is 0 Å². The summed E-state index contributed by atoms with van der Waals surface area (Å²) in [4.78, 5) is 30.8. The largest absolute Gasteiger partial charge is 0.373 e. The maximum absolute atomic E-state index is 12.7. The topological polar surface area (TPSA) is 86.3 Å². The van der Waals surface area contributed by atoms with E-state index in [1.54, 1.807) is 12.4 Å². The van der Waals surface area contributed by atoms with Crippen molar-refractivity contribution in [1.82, 2.24) is 25.2 Å². The molecule has 160 valence electrons. The van der Waals surface area contributed by atoms with Gasteiger partial charge in [0.05, 0.1) is 18.2 Å². The number of anilines is 2. The average Bonchev–Trinajstić information content (AvgIpc) is 2.83. The molecule has 2 aromatic heterocycles. The van der Waals surface area contributed by atoms with Gasteiger partial charge in [-0.05, 0) is 50.4 Å². The van der Waals surface area contributed by atoms with Crippen molar-refractivity contribution < 1.29 is 4.79 Å². The van der Waals surface area contributed by atoms with E-state index in [4.69, 9.17) is 0 Å². The number of carbonyl (C=O) groups is 1. The van der Waals surface area contributed by atoms with Crippen molar-refractivity contribution in [2.45, 2.75) is 38.3 Å². The van der Waals surface area contributed by atoms with Crippen molar-refractivity contribution in [1.29, 1.82) is 0 Å². The molecule has 0 radical (unpaired) electrons. The standard InChI is InChI=1S/C22H31N7O/c1-23-20-7-11-25-22(27-20)28-13-8-19(9-14-28)29-12-4-5-17(16-29)21(30)26-15-18-6-2-3-10-24-18/h2-3,6-7,10-11,17,19H,4-5,8-9,12-16H2,1H3,(H,26,30)(H,23,25,27)/t17-/m1/s1. The number of rotatable bonds is 6. The molecule has 4 rings (SSSR count). The highest BCUT2D eigenvalue weighted by Gasteiger charge is 2.32. The van der Waals surface area contributed by atoms with Crippen LogP contribution in [0.3, 0.4) is 0 Å². The molecule has 0 spiro atoms. The van der Waals surface area contributed by atoms with E-state index in [1.165, 1.54) is 0 Å². The average molecular weight is 410 g/mol. The van der Waals surface area contributed by atoms with Crippen LogP contribution in [0.5, 0.6) is 0 Å². The van der Waals surface area contributed by atoms with E-state index in [2.05, 4.69) is 35.4 Å². The van der Waals surface area contributed by atoms with Gasteiger partial charge in [-0.25, -0.2) is 4.98 Å². The maximum Gasteiger partial charge on any atom is 0.227 e. The predicted octanol–water partition coefficient (Wildman–Crippen LogP) is 1.91. The van der Waals surface area contributed by atoms with Gasteiger partial charge in [-0.3, -0.25) is 14.7 Å². The Bertz CT molecular complexity index is 823. The van der Waals surface area contributed by atoms with Gasteiger partial charge in [0.15, 0.2) is 0 Å². The Morgan fingerprint density at radius 1 is 1.10 bits per heavy atom. The molecule has 2 N–H and O–H groups in total. The Labute approximate surface area is 178 Å². The van der Waals surface area contributed by atoms with Crippen molar-refractivity contribution in [3.05, 3.63) is 42.4 Å². The fourth-order valence-corrected chi connectivity index (χ4v) is 4.45. The molecule has 0 aliphatic carbocycles. The van der Waals surface area contributed by atoms with Gasteiger partial charge in [-0.2, -0.15) is 4.98 Å². The molecule has 2 aliphatic rings. The fourth-order valence-electron chi connectivity index (χ4n) is 4.45. The van der Waals surface area contributed by atoms with Crippen molar-refractivity contribution in [2.75, 3.05) is 43.4 Å². The van der Waals surface area contributed by atoms with E-state index in [0.717, 1.165) is 69.3 Å². The van der Waals surface area contributed by atoms with Gasteiger partial charge >= 0.3 is 0 Å². The maximum atomic E-state index is 12.7. The molecular formula is C22H31N7O. The second kappa shape index (κ2) is 9.84. The lowest BCUT2D eigenvalue weighted by Crippen LogP contribution is -2.51. The monoisotopic (exact) mass is 409 g/mol. The van der Waals surface area contributed by atoms with Gasteiger partial charge in [0.1, 0.15) is 5.82 Å². The molecule has 8 heteroatoms. The van der Waals surface area contributed by atoms with E-state index >= 15 is 0 Å². The van der Waals surface area contributed by atoms with Gasteiger partial charge < -0.3 is 15.5 Å². The van der Waals surface area contributed by atoms with E-state index in [1.807, 2.05) is 31.3 Å². The fraction of sp³-hybridized carbons (Fsp3) is 0.545. The van der Waals surface area contributed by atoms with Crippen LogP contribution in [0, 0.1) is 5.92 Å². The molecule has 30 heavy (non-hydrogen) atoms. The number of nitrogens with one attached hydrogen (secondary N) is 2. The Morgan fingerprint density at radius 3 is 2.73 bits per heavy atom. The second-order valence-electron chi connectivity index (χ2n) is 8.08. The predicted molar refractivity (Wildman–Crippen MR) is 117 cm³/mol. The number of piperidine rings is 2. The lowest BCUT2D eigenvalue weighted by atomic mass is 9.93. The van der Waals surface area contributed by atoms with Crippen molar-refractivity contribution in [3.8, 4) is 0 Å². The van der Waals surface area contributed by atoms with Crippen LogP contribution in [0.15, 0.2) is 36.7 Å². The highest BCUT2D eigenvalue weighted by Crippen LogP contribution is 2.25. The van der Waals surface area contributed by atoms with Gasteiger partial charge in [-0.1, -0.05) is 6.07 Å². The Hall–Kier alpha value is -2.74. The van der Waals surface area contributed by atoms with E-state index < -0.39 is 0 Å². The first-order valence-corrected chi connectivity index (χ1v) is 10.9. The lowest BCUT2D eigenvalue weighted by Gasteiger charge is -2.42. The SMILES string of the molecule is CNc1ccnc(N2CCC(N3CCC[C@@H](C(=O)NCc4ccccn4)C3)CC2)n1. The summed E-state index contributed by atoms with van der Waals surface area (Å²) in [5.41, 5.74) is 0.899. The third-order valence-electron chi connectivity index (χ3n) is 6.16. The minimum atomic E-state index is 0.0659. The van der Waals surface area contributed by atoms with Crippen molar-refractivity contribution >= 4 is 17.7 Å². The van der Waals surface area contributed by atoms with Gasteiger partial charge in [-0.15, -0.1) is 0 Å². The number of likely N-dealkylation sites (tertiary alicyclic amines) is 1. The smallest absolute Gasteiger partial charge is 0.227 e. The third-order valence-corrected chi connectivity index (χ3v) is 6.16. The first-order valence-electron chi connectivity index (χ1n) is 10.9. The Morgan fingerprint density at radius 2 is 1.97 bits per heavy atom. The van der Waals surface area contributed by atoms with E-state index in [9.17, 15) is 4.79 Å². The summed E-state index contributed by atoms with van der Waals surface area (Å²) in [6, 6.07) is 8.18. The number of aromatic nitrogens is 3. The van der Waals surface area contributed by atoms with Gasteiger partial charge in [0.2, 0.25) is 11.9 Å². The molecule has 2 aliphatic heterocycles. The lowest BCUT2D eigenvalue weighted by molar-refractivity contribution is -0.127. The van der Waals surface area contributed by atoms with Crippen LogP contribution in [-0.2, 0) is 11.3 Å². The molecule has 4 heterocycles. The molecule has 2 aromatic rings. The third kappa shape index (κ3) is 5.05. The number of pyridine rings is 1. The molecular weight excluding hydrogens is 378 g/mol. The second-order valence-corrected chi connectivity index (χ2v) is 8.08. The first kappa shape index (κ1) is 20.5.